The van der Waals surface area contributed by atoms with E-state index in [-0.39, 0.29) is 5.97 Å². The Hall–Kier alpha value is -1.62. The number of carbonyl (C=O) groups excluding carboxylic acids is 1. The Morgan fingerprint density at radius 1 is 1.56 bits per heavy atom. The molecule has 4 nitrogen and oxygen atoms in total. The standard InChI is InChI=1S/C11H12N2O2S/c1-7(14)15-5-4-10-9-6-8(12)2-3-11(9)16-13-10/h2-3,6H,4-5,12H2,1H3. The summed E-state index contributed by atoms with van der Waals surface area (Å²) in [7, 11) is 0. The van der Waals surface area contributed by atoms with Gasteiger partial charge in [-0.15, -0.1) is 0 Å². The first-order valence-corrected chi connectivity index (χ1v) is 5.71. The van der Waals surface area contributed by atoms with Crippen LogP contribution < -0.4 is 5.73 Å². The Morgan fingerprint density at radius 2 is 2.38 bits per heavy atom. The maximum atomic E-state index is 10.6. The number of esters is 1. The van der Waals surface area contributed by atoms with Gasteiger partial charge in [0.1, 0.15) is 0 Å². The van der Waals surface area contributed by atoms with Crippen molar-refractivity contribution in [2.75, 3.05) is 12.3 Å². The maximum absolute atomic E-state index is 10.6. The molecule has 0 fully saturated rings. The summed E-state index contributed by atoms with van der Waals surface area (Å²) in [5.74, 6) is -0.265. The fourth-order valence-electron chi connectivity index (χ4n) is 1.48. The van der Waals surface area contributed by atoms with Crippen LogP contribution in [0.15, 0.2) is 18.2 Å². The molecule has 0 unspecified atom stereocenters. The first-order chi connectivity index (χ1) is 7.66. The molecular formula is C11H12N2O2S. The zero-order valence-electron chi connectivity index (χ0n) is 8.90. The van der Waals surface area contributed by atoms with Gasteiger partial charge in [-0.2, -0.15) is 4.37 Å². The number of nitrogen functional groups attached to an aromatic ring is 1. The van der Waals surface area contributed by atoms with Crippen molar-refractivity contribution < 1.29 is 9.53 Å². The zero-order valence-corrected chi connectivity index (χ0v) is 9.71. The molecule has 0 aliphatic rings. The molecule has 0 amide bonds. The second-order valence-electron chi connectivity index (χ2n) is 3.47. The van der Waals surface area contributed by atoms with E-state index in [2.05, 4.69) is 4.37 Å². The highest BCUT2D eigenvalue weighted by molar-refractivity contribution is 7.13. The quantitative estimate of drug-likeness (QED) is 0.653. The van der Waals surface area contributed by atoms with E-state index in [0.717, 1.165) is 21.5 Å². The first kappa shape index (κ1) is 10.9. The van der Waals surface area contributed by atoms with E-state index >= 15 is 0 Å². The maximum Gasteiger partial charge on any atom is 0.302 e. The summed E-state index contributed by atoms with van der Waals surface area (Å²) in [4.78, 5) is 10.6. The van der Waals surface area contributed by atoms with Crippen LogP contribution in [0.4, 0.5) is 5.69 Å². The number of nitrogens with two attached hydrogens (primary N) is 1. The minimum Gasteiger partial charge on any atom is -0.465 e. The highest BCUT2D eigenvalue weighted by Crippen LogP contribution is 2.25. The minimum absolute atomic E-state index is 0.265. The van der Waals surface area contributed by atoms with Crippen molar-refractivity contribution in [2.24, 2.45) is 0 Å². The largest absolute Gasteiger partial charge is 0.465 e. The first-order valence-electron chi connectivity index (χ1n) is 4.94. The number of rotatable bonds is 3. The van der Waals surface area contributed by atoms with E-state index < -0.39 is 0 Å². The summed E-state index contributed by atoms with van der Waals surface area (Å²) in [6, 6.07) is 5.72. The lowest BCUT2D eigenvalue weighted by Crippen LogP contribution is -2.03. The lowest BCUT2D eigenvalue weighted by Gasteiger charge is -2.00. The van der Waals surface area contributed by atoms with E-state index in [4.69, 9.17) is 10.5 Å². The number of nitrogens with zero attached hydrogens (tertiary/aromatic N) is 1. The number of hydrogen-bond donors (Lipinski definition) is 1. The fourth-order valence-corrected chi connectivity index (χ4v) is 2.28. The molecule has 0 aliphatic carbocycles. The molecular weight excluding hydrogens is 224 g/mol. The van der Waals surface area contributed by atoms with Crippen molar-refractivity contribution in [1.29, 1.82) is 0 Å². The van der Waals surface area contributed by atoms with Crippen molar-refractivity contribution in [3.8, 4) is 0 Å². The van der Waals surface area contributed by atoms with E-state index in [9.17, 15) is 4.79 Å². The smallest absolute Gasteiger partial charge is 0.302 e. The Labute approximate surface area is 97.2 Å². The van der Waals surface area contributed by atoms with E-state index in [0.29, 0.717) is 13.0 Å². The lowest BCUT2D eigenvalue weighted by atomic mass is 10.1. The van der Waals surface area contributed by atoms with Crippen molar-refractivity contribution in [1.82, 2.24) is 4.37 Å². The van der Waals surface area contributed by atoms with Crippen molar-refractivity contribution in [3.05, 3.63) is 23.9 Å². The van der Waals surface area contributed by atoms with Crippen molar-refractivity contribution in [3.63, 3.8) is 0 Å². The van der Waals surface area contributed by atoms with Crippen LogP contribution in [0.3, 0.4) is 0 Å². The molecule has 16 heavy (non-hydrogen) atoms. The summed E-state index contributed by atoms with van der Waals surface area (Å²) >= 11 is 1.44. The predicted octanol–water partition coefficient (Wildman–Crippen LogP) is 1.98. The SMILES string of the molecule is CC(=O)OCCc1nsc2ccc(N)cc12. The highest BCUT2D eigenvalue weighted by Gasteiger charge is 2.06. The summed E-state index contributed by atoms with van der Waals surface area (Å²) in [6.45, 7) is 1.76. The van der Waals surface area contributed by atoms with Gasteiger partial charge < -0.3 is 10.5 Å². The van der Waals surface area contributed by atoms with Crippen molar-refractivity contribution >= 4 is 33.3 Å². The van der Waals surface area contributed by atoms with Crippen LogP contribution in [-0.4, -0.2) is 16.9 Å². The van der Waals surface area contributed by atoms with Crippen LogP contribution in [-0.2, 0) is 16.0 Å². The summed E-state index contributed by atoms with van der Waals surface area (Å²) in [6.07, 6.45) is 0.628. The summed E-state index contributed by atoms with van der Waals surface area (Å²) in [5.41, 5.74) is 7.38. The van der Waals surface area contributed by atoms with Crippen LogP contribution in [0.25, 0.3) is 10.1 Å². The Balaban J connectivity index is 2.17. The Kier molecular flexibility index (Phi) is 3.05. The van der Waals surface area contributed by atoms with Crippen LogP contribution in [0.5, 0.6) is 0 Å². The van der Waals surface area contributed by atoms with Crippen molar-refractivity contribution in [2.45, 2.75) is 13.3 Å². The van der Waals surface area contributed by atoms with Gasteiger partial charge in [0, 0.05) is 24.4 Å². The van der Waals surface area contributed by atoms with Gasteiger partial charge >= 0.3 is 5.97 Å². The average molecular weight is 236 g/mol. The molecule has 0 saturated carbocycles. The third-order valence-corrected chi connectivity index (χ3v) is 3.08. The van der Waals surface area contributed by atoms with E-state index in [1.807, 2.05) is 18.2 Å². The molecule has 0 saturated heterocycles. The van der Waals surface area contributed by atoms with Crippen LogP contribution >= 0.6 is 11.5 Å². The molecule has 5 heteroatoms. The van der Waals surface area contributed by atoms with Gasteiger partial charge in [0.25, 0.3) is 0 Å². The Bertz CT molecular complexity index is 522. The number of hydrogen-bond acceptors (Lipinski definition) is 5. The molecule has 2 aromatic rings. The van der Waals surface area contributed by atoms with Gasteiger partial charge in [0.05, 0.1) is 17.0 Å². The molecule has 0 radical (unpaired) electrons. The van der Waals surface area contributed by atoms with Crippen LogP contribution in [0.1, 0.15) is 12.6 Å². The van der Waals surface area contributed by atoms with Gasteiger partial charge in [0.15, 0.2) is 0 Å². The number of benzene rings is 1. The number of anilines is 1. The molecule has 0 bridgehead atoms. The molecule has 0 spiro atoms. The van der Waals surface area contributed by atoms with Gasteiger partial charge in [-0.25, -0.2) is 0 Å². The normalized spacial score (nSPS) is 10.6. The van der Waals surface area contributed by atoms with Gasteiger partial charge in [-0.05, 0) is 29.7 Å². The van der Waals surface area contributed by atoms with Gasteiger partial charge in [0.2, 0.25) is 0 Å². The molecule has 1 aromatic heterocycles. The molecule has 1 heterocycles. The number of ether oxygens (including phenoxy) is 1. The average Bonchev–Trinajstić information content (AvgIpc) is 2.60. The molecule has 1 aromatic carbocycles. The summed E-state index contributed by atoms with van der Waals surface area (Å²) < 4.78 is 10.3. The van der Waals surface area contributed by atoms with Crippen LogP contribution in [0.2, 0.25) is 0 Å². The topological polar surface area (TPSA) is 65.2 Å². The van der Waals surface area contributed by atoms with Gasteiger partial charge in [-0.3, -0.25) is 4.79 Å². The number of carbonyl (C=O) groups is 1. The highest BCUT2D eigenvalue weighted by atomic mass is 32.1. The fraction of sp³-hybridized carbons (Fsp3) is 0.273. The molecule has 2 N–H and O–H groups in total. The summed E-state index contributed by atoms with van der Waals surface area (Å²) in [5, 5.41) is 1.05. The third kappa shape index (κ3) is 2.30. The minimum atomic E-state index is -0.265. The molecule has 0 aliphatic heterocycles. The molecule has 0 atom stereocenters. The zero-order chi connectivity index (χ0) is 11.5. The van der Waals surface area contributed by atoms with E-state index in [1.54, 1.807) is 0 Å². The van der Waals surface area contributed by atoms with Crippen LogP contribution in [0, 0.1) is 0 Å². The second-order valence-corrected chi connectivity index (χ2v) is 4.28. The van der Waals surface area contributed by atoms with Gasteiger partial charge in [-0.1, -0.05) is 0 Å². The molecule has 2 rings (SSSR count). The number of fused-ring (bicyclic) bond motifs is 1. The number of aromatic nitrogens is 1. The lowest BCUT2D eigenvalue weighted by molar-refractivity contribution is -0.140. The molecule has 84 valence electrons. The third-order valence-electron chi connectivity index (χ3n) is 2.21. The monoisotopic (exact) mass is 236 g/mol. The second kappa shape index (κ2) is 4.49. The predicted molar refractivity (Wildman–Crippen MR) is 64.4 cm³/mol. The Morgan fingerprint density at radius 3 is 3.12 bits per heavy atom. The van der Waals surface area contributed by atoms with E-state index in [1.165, 1.54) is 18.5 Å².